The van der Waals surface area contributed by atoms with Gasteiger partial charge in [0.25, 0.3) is 5.91 Å². The van der Waals surface area contributed by atoms with Crippen LogP contribution in [0.25, 0.3) is 0 Å². The van der Waals surface area contributed by atoms with Crippen molar-refractivity contribution < 1.29 is 19.0 Å². The average molecular weight is 418 g/mol. The number of carbonyl (C=O) groups excluding carboxylic acids is 1. The van der Waals surface area contributed by atoms with Crippen LogP contribution in [0, 0.1) is 0 Å². The maximum Gasteiger partial charge on any atom is 0.255 e. The molecule has 5 heteroatoms. The summed E-state index contributed by atoms with van der Waals surface area (Å²) in [5, 5.41) is 2.91. The molecule has 3 aromatic rings. The molecule has 1 aliphatic rings. The van der Waals surface area contributed by atoms with Crippen molar-refractivity contribution in [3.63, 3.8) is 0 Å². The summed E-state index contributed by atoms with van der Waals surface area (Å²) in [6.07, 6.45) is 3.16. The Morgan fingerprint density at radius 2 is 1.61 bits per heavy atom. The Morgan fingerprint density at radius 3 is 2.32 bits per heavy atom. The summed E-state index contributed by atoms with van der Waals surface area (Å²) in [6, 6.07) is 24.8. The van der Waals surface area contributed by atoms with Crippen molar-refractivity contribution in [3.8, 4) is 11.5 Å². The van der Waals surface area contributed by atoms with Crippen molar-refractivity contribution in [1.82, 2.24) is 0 Å². The van der Waals surface area contributed by atoms with Crippen LogP contribution in [0.15, 0.2) is 78.9 Å². The molecule has 1 amide bonds. The number of benzene rings is 3. The summed E-state index contributed by atoms with van der Waals surface area (Å²) >= 11 is 0. The third-order valence-electron chi connectivity index (χ3n) is 5.19. The molecule has 1 saturated heterocycles. The van der Waals surface area contributed by atoms with Crippen LogP contribution in [-0.4, -0.2) is 31.8 Å². The molecule has 160 valence electrons. The lowest BCUT2D eigenvalue weighted by Crippen LogP contribution is -2.16. The first-order valence-electron chi connectivity index (χ1n) is 10.7. The zero-order valence-electron chi connectivity index (χ0n) is 17.5. The molecule has 0 spiro atoms. The van der Waals surface area contributed by atoms with E-state index in [1.54, 1.807) is 12.1 Å². The summed E-state index contributed by atoms with van der Waals surface area (Å²) in [6.45, 7) is 1.97. The lowest BCUT2D eigenvalue weighted by atomic mass is 10.2. The van der Waals surface area contributed by atoms with Crippen LogP contribution >= 0.6 is 0 Å². The minimum atomic E-state index is -0.163. The fourth-order valence-electron chi connectivity index (χ4n) is 3.44. The van der Waals surface area contributed by atoms with Gasteiger partial charge in [-0.15, -0.1) is 0 Å². The first-order chi connectivity index (χ1) is 15.3. The van der Waals surface area contributed by atoms with Gasteiger partial charge in [-0.25, -0.2) is 0 Å². The van der Waals surface area contributed by atoms with Crippen molar-refractivity contribution in [1.29, 1.82) is 0 Å². The summed E-state index contributed by atoms with van der Waals surface area (Å²) in [5.41, 5.74) is 2.54. The Morgan fingerprint density at radius 1 is 0.903 bits per heavy atom. The van der Waals surface area contributed by atoms with Crippen molar-refractivity contribution in [3.05, 3.63) is 90.0 Å². The highest BCUT2D eigenvalue weighted by Crippen LogP contribution is 2.19. The number of hydrogen-bond acceptors (Lipinski definition) is 4. The third kappa shape index (κ3) is 6.33. The molecule has 1 fully saturated rings. The first kappa shape index (κ1) is 20.9. The van der Waals surface area contributed by atoms with Crippen LogP contribution in [0.4, 0.5) is 5.69 Å². The van der Waals surface area contributed by atoms with E-state index in [2.05, 4.69) is 17.4 Å². The smallest absolute Gasteiger partial charge is 0.255 e. The Kier molecular flexibility index (Phi) is 7.19. The highest BCUT2D eigenvalue weighted by Gasteiger charge is 2.16. The predicted octanol–water partition coefficient (Wildman–Crippen LogP) is 5.12. The number of hydrogen-bond donors (Lipinski definition) is 1. The second-order valence-electron chi connectivity index (χ2n) is 7.53. The number of ether oxygens (including phenoxy) is 3. The lowest BCUT2D eigenvalue weighted by molar-refractivity contribution is 0.0679. The van der Waals surface area contributed by atoms with Crippen molar-refractivity contribution >= 4 is 11.6 Å². The maximum absolute atomic E-state index is 12.5. The van der Waals surface area contributed by atoms with Crippen LogP contribution in [0.5, 0.6) is 11.5 Å². The molecule has 5 nitrogen and oxygen atoms in total. The zero-order chi connectivity index (χ0) is 21.3. The fraction of sp³-hybridized carbons (Fsp3) is 0.269. The number of carbonyl (C=O) groups is 1. The van der Waals surface area contributed by atoms with Crippen molar-refractivity contribution in [2.24, 2.45) is 0 Å². The van der Waals surface area contributed by atoms with Gasteiger partial charge in [0, 0.05) is 24.3 Å². The average Bonchev–Trinajstić information content (AvgIpc) is 3.34. The predicted molar refractivity (Wildman–Crippen MR) is 121 cm³/mol. The highest BCUT2D eigenvalue weighted by atomic mass is 16.5. The second kappa shape index (κ2) is 10.6. The molecule has 1 aliphatic heterocycles. The molecule has 0 radical (unpaired) electrons. The Bertz CT molecular complexity index is 949. The summed E-state index contributed by atoms with van der Waals surface area (Å²) in [4.78, 5) is 12.5. The SMILES string of the molecule is O=C(Nc1ccc(OCCc2ccccc2)cc1)c1ccc(OCC2CCCO2)cc1. The molecule has 1 atom stereocenters. The molecular weight excluding hydrogens is 390 g/mol. The van der Waals surface area contributed by atoms with Gasteiger partial charge in [-0.1, -0.05) is 30.3 Å². The van der Waals surface area contributed by atoms with E-state index in [4.69, 9.17) is 14.2 Å². The molecule has 0 bridgehead atoms. The minimum Gasteiger partial charge on any atom is -0.493 e. The van der Waals surface area contributed by atoms with Gasteiger partial charge in [0.05, 0.1) is 12.7 Å². The second-order valence-corrected chi connectivity index (χ2v) is 7.53. The number of amides is 1. The molecule has 0 saturated carbocycles. The van der Waals surface area contributed by atoms with Crippen molar-refractivity contribution in [2.45, 2.75) is 25.4 Å². The third-order valence-corrected chi connectivity index (χ3v) is 5.19. The van der Waals surface area contributed by atoms with E-state index in [-0.39, 0.29) is 12.0 Å². The largest absolute Gasteiger partial charge is 0.493 e. The maximum atomic E-state index is 12.5. The van der Waals surface area contributed by atoms with Gasteiger partial charge in [-0.3, -0.25) is 4.79 Å². The van der Waals surface area contributed by atoms with Crippen LogP contribution in [0.1, 0.15) is 28.8 Å². The van der Waals surface area contributed by atoms with Crippen LogP contribution in [0.2, 0.25) is 0 Å². The van der Waals surface area contributed by atoms with E-state index in [1.807, 2.05) is 54.6 Å². The summed E-state index contributed by atoms with van der Waals surface area (Å²) < 4.78 is 17.1. The summed E-state index contributed by atoms with van der Waals surface area (Å²) in [5.74, 6) is 1.36. The Hall–Kier alpha value is -3.31. The number of rotatable bonds is 9. The van der Waals surface area contributed by atoms with E-state index in [0.717, 1.165) is 43.1 Å². The Balaban J connectivity index is 1.23. The molecular formula is C26H27NO4. The standard InChI is InChI=1S/C26H27NO4/c28-26(21-8-12-24(13-9-21)31-19-25-7-4-17-29-25)27-22-10-14-23(15-11-22)30-18-16-20-5-2-1-3-6-20/h1-3,5-6,8-15,25H,4,7,16-19H2,(H,27,28). The molecule has 31 heavy (non-hydrogen) atoms. The number of anilines is 1. The van der Waals surface area contributed by atoms with Gasteiger partial charge in [0.1, 0.15) is 18.1 Å². The van der Waals surface area contributed by atoms with Gasteiger partial charge in [-0.2, -0.15) is 0 Å². The van der Waals surface area contributed by atoms with Gasteiger partial charge in [0.15, 0.2) is 0 Å². The Labute approximate surface area is 183 Å². The molecule has 1 unspecified atom stereocenters. The van der Waals surface area contributed by atoms with Crippen LogP contribution in [-0.2, 0) is 11.2 Å². The summed E-state index contributed by atoms with van der Waals surface area (Å²) in [7, 11) is 0. The molecule has 0 aromatic heterocycles. The molecule has 0 aliphatic carbocycles. The van der Waals surface area contributed by atoms with Gasteiger partial charge in [-0.05, 0) is 66.9 Å². The zero-order valence-corrected chi connectivity index (χ0v) is 17.5. The van der Waals surface area contributed by atoms with E-state index in [9.17, 15) is 4.79 Å². The van der Waals surface area contributed by atoms with E-state index >= 15 is 0 Å². The molecule has 3 aromatic carbocycles. The van der Waals surface area contributed by atoms with Crippen LogP contribution < -0.4 is 14.8 Å². The first-order valence-corrected chi connectivity index (χ1v) is 10.7. The lowest BCUT2D eigenvalue weighted by Gasteiger charge is -2.12. The fourth-order valence-corrected chi connectivity index (χ4v) is 3.44. The minimum absolute atomic E-state index is 0.163. The molecule has 4 rings (SSSR count). The van der Waals surface area contributed by atoms with Crippen LogP contribution in [0.3, 0.4) is 0 Å². The van der Waals surface area contributed by atoms with E-state index in [1.165, 1.54) is 5.56 Å². The van der Waals surface area contributed by atoms with E-state index < -0.39 is 0 Å². The van der Waals surface area contributed by atoms with Gasteiger partial charge >= 0.3 is 0 Å². The molecule has 1 heterocycles. The number of nitrogens with one attached hydrogen (secondary N) is 1. The highest BCUT2D eigenvalue weighted by molar-refractivity contribution is 6.04. The topological polar surface area (TPSA) is 56.8 Å². The monoisotopic (exact) mass is 417 g/mol. The van der Waals surface area contributed by atoms with E-state index in [0.29, 0.717) is 18.8 Å². The van der Waals surface area contributed by atoms with Crippen molar-refractivity contribution in [2.75, 3.05) is 25.1 Å². The molecule has 1 N–H and O–H groups in total. The van der Waals surface area contributed by atoms with Gasteiger partial charge < -0.3 is 19.5 Å². The van der Waals surface area contributed by atoms with Gasteiger partial charge in [0.2, 0.25) is 0 Å². The quantitative estimate of drug-likeness (QED) is 0.525. The normalized spacial score (nSPS) is 15.4.